The van der Waals surface area contributed by atoms with E-state index in [0.717, 1.165) is 23.2 Å². The number of rotatable bonds is 5. The number of benzene rings is 2. The summed E-state index contributed by atoms with van der Waals surface area (Å²) in [5.74, 6) is 0.321. The molecule has 2 aromatic carbocycles. The maximum absolute atomic E-state index is 13.0. The summed E-state index contributed by atoms with van der Waals surface area (Å²) in [6.45, 7) is 2.10. The standard InChI is InChI=1S/C24H20N4O/c1-2-17-8-10-20(11-9-17)27-24(29)21-16-26-23(19-6-4-3-5-7-19)28-22(21)18-12-14-25-15-13-18/h3-16H,2H2,1H3,(H,27,29). The molecule has 5 nitrogen and oxygen atoms in total. The molecule has 1 amide bonds. The Morgan fingerprint density at radius 2 is 1.62 bits per heavy atom. The van der Waals surface area contributed by atoms with Crippen molar-refractivity contribution in [1.82, 2.24) is 15.0 Å². The molecular weight excluding hydrogens is 360 g/mol. The minimum atomic E-state index is -0.249. The van der Waals surface area contributed by atoms with E-state index in [1.54, 1.807) is 18.6 Å². The molecule has 4 aromatic rings. The molecule has 0 saturated carbocycles. The summed E-state index contributed by atoms with van der Waals surface area (Å²) >= 11 is 0. The highest BCUT2D eigenvalue weighted by Gasteiger charge is 2.17. The molecule has 2 aromatic heterocycles. The number of nitrogens with one attached hydrogen (secondary N) is 1. The Morgan fingerprint density at radius 1 is 0.897 bits per heavy atom. The molecule has 4 rings (SSSR count). The van der Waals surface area contributed by atoms with Gasteiger partial charge in [-0.2, -0.15) is 0 Å². The number of hydrogen-bond donors (Lipinski definition) is 1. The number of carbonyl (C=O) groups excluding carboxylic acids is 1. The zero-order valence-electron chi connectivity index (χ0n) is 16.0. The van der Waals surface area contributed by atoms with Gasteiger partial charge in [0.25, 0.3) is 5.91 Å². The van der Waals surface area contributed by atoms with Gasteiger partial charge in [0.05, 0.1) is 11.3 Å². The Bertz CT molecular complexity index is 1110. The van der Waals surface area contributed by atoms with E-state index >= 15 is 0 Å². The van der Waals surface area contributed by atoms with Gasteiger partial charge in [-0.25, -0.2) is 9.97 Å². The molecule has 5 heteroatoms. The average molecular weight is 380 g/mol. The smallest absolute Gasteiger partial charge is 0.259 e. The topological polar surface area (TPSA) is 67.8 Å². The van der Waals surface area contributed by atoms with Gasteiger partial charge in [-0.1, -0.05) is 49.4 Å². The fourth-order valence-electron chi connectivity index (χ4n) is 3.03. The summed E-state index contributed by atoms with van der Waals surface area (Å²) in [7, 11) is 0. The normalized spacial score (nSPS) is 10.5. The van der Waals surface area contributed by atoms with Gasteiger partial charge in [0, 0.05) is 35.4 Å². The predicted octanol–water partition coefficient (Wildman–Crippen LogP) is 5.02. The first kappa shape index (κ1) is 18.5. The molecule has 0 spiro atoms. The molecule has 0 fully saturated rings. The van der Waals surface area contributed by atoms with Gasteiger partial charge in [0.15, 0.2) is 5.82 Å². The number of aryl methyl sites for hydroxylation is 1. The van der Waals surface area contributed by atoms with Crippen LogP contribution in [0.25, 0.3) is 22.6 Å². The molecule has 142 valence electrons. The van der Waals surface area contributed by atoms with E-state index in [-0.39, 0.29) is 5.91 Å². The largest absolute Gasteiger partial charge is 0.322 e. The van der Waals surface area contributed by atoms with Crippen molar-refractivity contribution >= 4 is 11.6 Å². The SMILES string of the molecule is CCc1ccc(NC(=O)c2cnc(-c3ccccc3)nc2-c2ccncc2)cc1. The second-order valence-electron chi connectivity index (χ2n) is 6.56. The van der Waals surface area contributed by atoms with Crippen molar-refractivity contribution in [3.63, 3.8) is 0 Å². The third-order valence-corrected chi connectivity index (χ3v) is 4.64. The van der Waals surface area contributed by atoms with Crippen LogP contribution < -0.4 is 5.32 Å². The molecule has 29 heavy (non-hydrogen) atoms. The van der Waals surface area contributed by atoms with Crippen LogP contribution in [-0.2, 0) is 6.42 Å². The van der Waals surface area contributed by atoms with Crippen LogP contribution in [0.5, 0.6) is 0 Å². The van der Waals surface area contributed by atoms with Gasteiger partial charge < -0.3 is 5.32 Å². The molecule has 0 saturated heterocycles. The van der Waals surface area contributed by atoms with E-state index in [1.165, 1.54) is 5.56 Å². The zero-order chi connectivity index (χ0) is 20.1. The highest BCUT2D eigenvalue weighted by Crippen LogP contribution is 2.25. The molecule has 0 aliphatic heterocycles. The van der Waals surface area contributed by atoms with Gasteiger partial charge in [-0.15, -0.1) is 0 Å². The van der Waals surface area contributed by atoms with Crippen LogP contribution in [0.2, 0.25) is 0 Å². The molecule has 1 N–H and O–H groups in total. The fourth-order valence-corrected chi connectivity index (χ4v) is 3.03. The second kappa shape index (κ2) is 8.44. The number of amides is 1. The highest BCUT2D eigenvalue weighted by atomic mass is 16.1. The van der Waals surface area contributed by atoms with Crippen molar-refractivity contribution in [3.05, 3.63) is 96.4 Å². The lowest BCUT2D eigenvalue weighted by molar-refractivity contribution is 0.102. The van der Waals surface area contributed by atoms with Crippen LogP contribution in [0.1, 0.15) is 22.8 Å². The number of aromatic nitrogens is 3. The summed E-state index contributed by atoms with van der Waals surface area (Å²) in [4.78, 5) is 26.2. The minimum Gasteiger partial charge on any atom is -0.322 e. The zero-order valence-corrected chi connectivity index (χ0v) is 16.0. The van der Waals surface area contributed by atoms with Gasteiger partial charge in [-0.3, -0.25) is 9.78 Å². The van der Waals surface area contributed by atoms with Crippen molar-refractivity contribution in [2.75, 3.05) is 5.32 Å². The average Bonchev–Trinajstić information content (AvgIpc) is 2.80. The van der Waals surface area contributed by atoms with E-state index in [0.29, 0.717) is 17.1 Å². The Kier molecular flexibility index (Phi) is 5.38. The molecule has 0 aliphatic rings. The number of nitrogens with zero attached hydrogens (tertiary/aromatic N) is 3. The van der Waals surface area contributed by atoms with Crippen LogP contribution in [0, 0.1) is 0 Å². The van der Waals surface area contributed by atoms with Gasteiger partial charge in [-0.05, 0) is 36.2 Å². The van der Waals surface area contributed by atoms with Gasteiger partial charge >= 0.3 is 0 Å². The Morgan fingerprint density at radius 3 is 2.31 bits per heavy atom. The first-order chi connectivity index (χ1) is 14.2. The van der Waals surface area contributed by atoms with Gasteiger partial charge in [0.1, 0.15) is 0 Å². The van der Waals surface area contributed by atoms with Crippen molar-refractivity contribution in [3.8, 4) is 22.6 Å². The summed E-state index contributed by atoms with van der Waals surface area (Å²) in [6.07, 6.45) is 5.91. The predicted molar refractivity (Wildman–Crippen MR) is 114 cm³/mol. The van der Waals surface area contributed by atoms with E-state index in [4.69, 9.17) is 4.98 Å². The van der Waals surface area contributed by atoms with Gasteiger partial charge in [0.2, 0.25) is 0 Å². The first-order valence-electron chi connectivity index (χ1n) is 9.47. The van der Waals surface area contributed by atoms with Crippen LogP contribution in [0.15, 0.2) is 85.3 Å². The van der Waals surface area contributed by atoms with Crippen LogP contribution in [-0.4, -0.2) is 20.9 Å². The number of carbonyl (C=O) groups is 1. The number of pyridine rings is 1. The Hall–Kier alpha value is -3.86. The summed E-state index contributed by atoms with van der Waals surface area (Å²) in [6, 6.07) is 21.2. The maximum atomic E-state index is 13.0. The van der Waals surface area contributed by atoms with Crippen LogP contribution in [0.4, 0.5) is 5.69 Å². The number of hydrogen-bond acceptors (Lipinski definition) is 4. The molecule has 2 heterocycles. The third kappa shape index (κ3) is 4.19. The Balaban J connectivity index is 1.72. The monoisotopic (exact) mass is 380 g/mol. The third-order valence-electron chi connectivity index (χ3n) is 4.64. The van der Waals surface area contributed by atoms with E-state index in [9.17, 15) is 4.79 Å². The van der Waals surface area contributed by atoms with Crippen LogP contribution in [0.3, 0.4) is 0 Å². The van der Waals surface area contributed by atoms with E-state index in [1.807, 2.05) is 66.7 Å². The Labute approximate surface area is 169 Å². The lowest BCUT2D eigenvalue weighted by Crippen LogP contribution is -2.15. The van der Waals surface area contributed by atoms with Crippen LogP contribution >= 0.6 is 0 Å². The quantitative estimate of drug-likeness (QED) is 0.528. The maximum Gasteiger partial charge on any atom is 0.259 e. The molecule has 0 unspecified atom stereocenters. The highest BCUT2D eigenvalue weighted by molar-refractivity contribution is 6.08. The molecule has 0 aliphatic carbocycles. The van der Waals surface area contributed by atoms with Crippen molar-refractivity contribution < 1.29 is 4.79 Å². The van der Waals surface area contributed by atoms with Crippen molar-refractivity contribution in [2.24, 2.45) is 0 Å². The molecule has 0 atom stereocenters. The first-order valence-corrected chi connectivity index (χ1v) is 9.47. The minimum absolute atomic E-state index is 0.249. The second-order valence-corrected chi connectivity index (χ2v) is 6.56. The van der Waals surface area contributed by atoms with Crippen molar-refractivity contribution in [1.29, 1.82) is 0 Å². The lowest BCUT2D eigenvalue weighted by Gasteiger charge is -2.11. The van der Waals surface area contributed by atoms with E-state index in [2.05, 4.69) is 22.2 Å². The number of anilines is 1. The lowest BCUT2D eigenvalue weighted by atomic mass is 10.1. The summed E-state index contributed by atoms with van der Waals surface area (Å²) in [5.41, 5.74) is 4.64. The molecule has 0 radical (unpaired) electrons. The molecular formula is C24H20N4O. The van der Waals surface area contributed by atoms with E-state index < -0.39 is 0 Å². The van der Waals surface area contributed by atoms with Crippen molar-refractivity contribution in [2.45, 2.75) is 13.3 Å². The summed E-state index contributed by atoms with van der Waals surface area (Å²) < 4.78 is 0. The fraction of sp³-hybridized carbons (Fsp3) is 0.0833. The summed E-state index contributed by atoms with van der Waals surface area (Å²) in [5, 5.41) is 2.94. The molecule has 0 bridgehead atoms.